The maximum atomic E-state index is 12.6. The van der Waals surface area contributed by atoms with Crippen LogP contribution in [0.3, 0.4) is 0 Å². The molecule has 1 atom stereocenters. The predicted octanol–water partition coefficient (Wildman–Crippen LogP) is 2.34. The average molecular weight is 432 g/mol. The summed E-state index contributed by atoms with van der Waals surface area (Å²) in [5, 5.41) is 0. The number of sulfonamides is 1. The number of methoxy groups -OCH3 is 1. The van der Waals surface area contributed by atoms with Crippen LogP contribution in [0.15, 0.2) is 53.4 Å². The van der Waals surface area contributed by atoms with E-state index >= 15 is 0 Å². The Hall–Kier alpha value is -2.91. The molecule has 2 aromatic carbocycles. The summed E-state index contributed by atoms with van der Waals surface area (Å²) in [6, 6.07) is 12.8. The van der Waals surface area contributed by atoms with Gasteiger partial charge in [-0.25, -0.2) is 17.9 Å². The number of likely N-dealkylation sites (N-methyl/N-ethyl adjacent to an activating group) is 1. The van der Waals surface area contributed by atoms with Crippen molar-refractivity contribution in [3.8, 4) is 5.75 Å². The number of ether oxygens (including phenoxy) is 2. The third-order valence-electron chi connectivity index (χ3n) is 4.69. The second kappa shape index (κ2) is 8.85. The smallest absolute Gasteiger partial charge is 0.338 e. The first-order valence-electron chi connectivity index (χ1n) is 9.47. The number of esters is 1. The summed E-state index contributed by atoms with van der Waals surface area (Å²) in [5.41, 5.74) is 0.670. The van der Waals surface area contributed by atoms with Crippen molar-refractivity contribution in [1.29, 1.82) is 0 Å². The molecule has 3 rings (SSSR count). The summed E-state index contributed by atoms with van der Waals surface area (Å²) in [4.78, 5) is 26.4. The van der Waals surface area contributed by atoms with Gasteiger partial charge in [0.05, 0.1) is 12.7 Å². The minimum atomic E-state index is -3.85. The molecular weight excluding hydrogens is 408 g/mol. The van der Waals surface area contributed by atoms with Gasteiger partial charge in [-0.15, -0.1) is 0 Å². The molecule has 1 saturated carbocycles. The lowest BCUT2D eigenvalue weighted by Gasteiger charge is -2.21. The van der Waals surface area contributed by atoms with Gasteiger partial charge in [0.2, 0.25) is 10.0 Å². The maximum Gasteiger partial charge on any atom is 0.338 e. The van der Waals surface area contributed by atoms with Gasteiger partial charge in [-0.1, -0.05) is 18.2 Å². The lowest BCUT2D eigenvalue weighted by molar-refractivity contribution is -0.126. The lowest BCUT2D eigenvalue weighted by atomic mass is 10.2. The normalized spacial score (nSPS) is 14.6. The molecule has 8 nitrogen and oxygen atoms in total. The summed E-state index contributed by atoms with van der Waals surface area (Å²) in [6.45, 7) is 1.47. The molecule has 0 radical (unpaired) electrons. The topological polar surface area (TPSA) is 102 Å². The molecule has 9 heteroatoms. The second-order valence-corrected chi connectivity index (χ2v) is 8.72. The van der Waals surface area contributed by atoms with Crippen molar-refractivity contribution >= 4 is 27.6 Å². The highest BCUT2D eigenvalue weighted by Crippen LogP contribution is 2.28. The minimum absolute atomic E-state index is 0.00832. The van der Waals surface area contributed by atoms with E-state index in [1.807, 2.05) is 6.07 Å². The van der Waals surface area contributed by atoms with Crippen LogP contribution in [0.5, 0.6) is 5.75 Å². The first-order valence-corrected chi connectivity index (χ1v) is 10.9. The van der Waals surface area contributed by atoms with Crippen LogP contribution in [0.1, 0.15) is 30.1 Å². The van der Waals surface area contributed by atoms with Crippen molar-refractivity contribution in [1.82, 2.24) is 4.72 Å². The largest absolute Gasteiger partial charge is 0.495 e. The zero-order valence-corrected chi connectivity index (χ0v) is 17.8. The Kier molecular flexibility index (Phi) is 6.42. The van der Waals surface area contributed by atoms with Crippen molar-refractivity contribution in [3.63, 3.8) is 0 Å². The van der Waals surface area contributed by atoms with E-state index in [9.17, 15) is 18.0 Å². The molecular formula is C21H24N2O6S. The van der Waals surface area contributed by atoms with Gasteiger partial charge in [0.25, 0.3) is 5.91 Å². The number of carbonyl (C=O) groups excluding carboxylic acids is 2. The molecule has 1 amide bonds. The Balaban J connectivity index is 1.76. The highest BCUT2D eigenvalue weighted by molar-refractivity contribution is 7.89. The molecule has 1 aliphatic carbocycles. The van der Waals surface area contributed by atoms with Crippen LogP contribution in [-0.4, -0.2) is 46.6 Å². The van der Waals surface area contributed by atoms with Gasteiger partial charge in [0, 0.05) is 18.8 Å². The Morgan fingerprint density at radius 3 is 2.40 bits per heavy atom. The van der Waals surface area contributed by atoms with Crippen molar-refractivity contribution in [2.45, 2.75) is 36.8 Å². The van der Waals surface area contributed by atoms with Gasteiger partial charge in [0.1, 0.15) is 10.6 Å². The second-order valence-electron chi connectivity index (χ2n) is 7.04. The highest BCUT2D eigenvalue weighted by atomic mass is 32.2. The van der Waals surface area contributed by atoms with E-state index < -0.39 is 28.0 Å². The average Bonchev–Trinajstić information content (AvgIpc) is 3.55. The van der Waals surface area contributed by atoms with Crippen LogP contribution < -0.4 is 14.4 Å². The van der Waals surface area contributed by atoms with E-state index in [1.165, 1.54) is 37.1 Å². The van der Waals surface area contributed by atoms with Crippen molar-refractivity contribution in [2.75, 3.05) is 19.1 Å². The molecule has 160 valence electrons. The fraction of sp³-hybridized carbons (Fsp3) is 0.333. The monoisotopic (exact) mass is 432 g/mol. The van der Waals surface area contributed by atoms with E-state index in [0.717, 1.165) is 12.8 Å². The number of benzene rings is 2. The van der Waals surface area contributed by atoms with Gasteiger partial charge < -0.3 is 14.4 Å². The molecule has 0 aromatic heterocycles. The van der Waals surface area contributed by atoms with Crippen LogP contribution in [0.4, 0.5) is 5.69 Å². The van der Waals surface area contributed by atoms with E-state index in [1.54, 1.807) is 31.3 Å². The minimum Gasteiger partial charge on any atom is -0.495 e. The zero-order valence-electron chi connectivity index (χ0n) is 17.0. The SMILES string of the molecule is COc1ccc(C(=O)OC(C)C(=O)N(C)c2ccccc2)cc1S(=O)(=O)NC1CC1. The predicted molar refractivity (Wildman–Crippen MR) is 111 cm³/mol. The molecule has 2 aromatic rings. The zero-order chi connectivity index (χ0) is 21.9. The summed E-state index contributed by atoms with van der Waals surface area (Å²) in [6.07, 6.45) is 0.491. The molecule has 30 heavy (non-hydrogen) atoms. The summed E-state index contributed by atoms with van der Waals surface area (Å²) >= 11 is 0. The lowest BCUT2D eigenvalue weighted by Crippen LogP contribution is -2.37. The molecule has 1 fully saturated rings. The number of para-hydroxylation sites is 1. The first kappa shape index (κ1) is 21.8. The Morgan fingerprint density at radius 1 is 1.13 bits per heavy atom. The Labute approximate surface area is 175 Å². The standard InChI is InChI=1S/C21H24N2O6S/c1-14(20(24)23(2)17-7-5-4-6-8-17)29-21(25)15-9-12-18(28-3)19(13-15)30(26,27)22-16-10-11-16/h4-9,12-14,16,22H,10-11H2,1-3H3. The molecule has 0 aliphatic heterocycles. The molecule has 0 saturated heterocycles. The van der Waals surface area contributed by atoms with E-state index in [0.29, 0.717) is 5.69 Å². The number of rotatable bonds is 8. The first-order chi connectivity index (χ1) is 14.2. The van der Waals surface area contributed by atoms with Crippen molar-refractivity contribution in [2.24, 2.45) is 0 Å². The third-order valence-corrected chi connectivity index (χ3v) is 6.24. The molecule has 1 aliphatic rings. The number of hydrogen-bond donors (Lipinski definition) is 1. The molecule has 0 bridgehead atoms. The van der Waals surface area contributed by atoms with E-state index in [-0.39, 0.29) is 22.3 Å². The quantitative estimate of drug-likeness (QED) is 0.643. The Morgan fingerprint density at radius 2 is 1.80 bits per heavy atom. The summed E-state index contributed by atoms with van der Waals surface area (Å²) < 4.78 is 38.2. The Bertz CT molecular complexity index is 1030. The fourth-order valence-electron chi connectivity index (χ4n) is 2.83. The summed E-state index contributed by atoms with van der Waals surface area (Å²) in [5.74, 6) is -1.10. The number of carbonyl (C=O) groups is 2. The number of amides is 1. The van der Waals surface area contributed by atoms with Gasteiger partial charge in [-0.2, -0.15) is 0 Å². The van der Waals surface area contributed by atoms with Crippen LogP contribution >= 0.6 is 0 Å². The summed E-state index contributed by atoms with van der Waals surface area (Å²) in [7, 11) is -0.910. The van der Waals surface area contributed by atoms with Gasteiger partial charge in [-0.3, -0.25) is 4.79 Å². The molecule has 0 heterocycles. The highest BCUT2D eigenvalue weighted by Gasteiger charge is 2.31. The van der Waals surface area contributed by atoms with Crippen LogP contribution in [-0.2, 0) is 19.6 Å². The molecule has 1 unspecified atom stereocenters. The van der Waals surface area contributed by atoms with Crippen LogP contribution in [0, 0.1) is 0 Å². The number of hydrogen-bond acceptors (Lipinski definition) is 6. The van der Waals surface area contributed by atoms with Crippen molar-refractivity contribution < 1.29 is 27.5 Å². The number of anilines is 1. The van der Waals surface area contributed by atoms with Gasteiger partial charge in [-0.05, 0) is 50.1 Å². The van der Waals surface area contributed by atoms with Crippen LogP contribution in [0.25, 0.3) is 0 Å². The molecule has 1 N–H and O–H groups in total. The fourth-order valence-corrected chi connectivity index (χ4v) is 4.33. The van der Waals surface area contributed by atoms with Crippen LogP contribution in [0.2, 0.25) is 0 Å². The van der Waals surface area contributed by atoms with Crippen molar-refractivity contribution in [3.05, 3.63) is 54.1 Å². The molecule has 0 spiro atoms. The van der Waals surface area contributed by atoms with E-state index in [2.05, 4.69) is 4.72 Å². The number of nitrogens with zero attached hydrogens (tertiary/aromatic N) is 1. The van der Waals surface area contributed by atoms with Gasteiger partial charge in [0.15, 0.2) is 6.10 Å². The number of nitrogens with one attached hydrogen (secondary N) is 1. The van der Waals surface area contributed by atoms with E-state index in [4.69, 9.17) is 9.47 Å². The third kappa shape index (κ3) is 4.98. The van der Waals surface area contributed by atoms with Gasteiger partial charge >= 0.3 is 5.97 Å². The maximum absolute atomic E-state index is 12.6.